The van der Waals surface area contributed by atoms with E-state index in [-0.39, 0.29) is 6.04 Å². The Hall–Kier alpha value is -2.62. The maximum Gasteiger partial charge on any atom is 0.243 e. The first-order chi connectivity index (χ1) is 13.3. The van der Waals surface area contributed by atoms with Crippen molar-refractivity contribution in [3.05, 3.63) is 64.4 Å². The van der Waals surface area contributed by atoms with Gasteiger partial charge in [-0.3, -0.25) is 9.59 Å². The number of carbonyl (C=O) groups excluding carboxylic acids is 2. The zero-order valence-electron chi connectivity index (χ0n) is 14.4. The highest BCUT2D eigenvalue weighted by Gasteiger charge is 2.30. The molecule has 2 unspecified atom stereocenters. The number of anilines is 1. The summed E-state index contributed by atoms with van der Waals surface area (Å²) in [5, 5.41) is 5.06. The standard InChI is InChI=1S/C18H16ClF3N4O2/c19-10-3-1-2-9(6-10)13-7-14(26-25-13)18(28)23-8-15(27)24-12-5-4-11(20)16(21)17(12)22/h1-6,13-14,25-26H,7-8H2,(H,23,28)(H,24,27). The number of hydrogen-bond donors (Lipinski definition) is 4. The van der Waals surface area contributed by atoms with Gasteiger partial charge in [-0.2, -0.15) is 0 Å². The van der Waals surface area contributed by atoms with Crippen LogP contribution < -0.4 is 21.5 Å². The van der Waals surface area contributed by atoms with Gasteiger partial charge in [0.05, 0.1) is 12.2 Å². The summed E-state index contributed by atoms with van der Waals surface area (Å²) in [6.07, 6.45) is 0.422. The van der Waals surface area contributed by atoms with Crippen molar-refractivity contribution < 1.29 is 22.8 Å². The third-order valence-electron chi connectivity index (χ3n) is 4.20. The van der Waals surface area contributed by atoms with Gasteiger partial charge in [0, 0.05) is 11.1 Å². The Morgan fingerprint density at radius 2 is 1.89 bits per heavy atom. The number of benzene rings is 2. The number of carbonyl (C=O) groups is 2. The second-order valence-electron chi connectivity index (χ2n) is 6.17. The topological polar surface area (TPSA) is 82.3 Å². The first-order valence-electron chi connectivity index (χ1n) is 8.32. The van der Waals surface area contributed by atoms with Gasteiger partial charge in [-0.25, -0.2) is 24.0 Å². The van der Waals surface area contributed by atoms with E-state index in [1.165, 1.54) is 0 Å². The average Bonchev–Trinajstić information content (AvgIpc) is 3.17. The second kappa shape index (κ2) is 8.59. The van der Waals surface area contributed by atoms with Crippen molar-refractivity contribution in [3.8, 4) is 0 Å². The molecular weight excluding hydrogens is 397 g/mol. The maximum atomic E-state index is 13.6. The van der Waals surface area contributed by atoms with Crippen LogP contribution in [0.5, 0.6) is 0 Å². The molecule has 2 amide bonds. The normalized spacial score (nSPS) is 18.7. The van der Waals surface area contributed by atoms with Crippen LogP contribution in [0.25, 0.3) is 0 Å². The van der Waals surface area contributed by atoms with Gasteiger partial charge in [0.25, 0.3) is 0 Å². The van der Waals surface area contributed by atoms with Crippen LogP contribution in [0, 0.1) is 17.5 Å². The Balaban J connectivity index is 1.50. The van der Waals surface area contributed by atoms with Gasteiger partial charge in [0.1, 0.15) is 6.04 Å². The number of rotatable bonds is 5. The molecule has 6 nitrogen and oxygen atoms in total. The molecule has 0 spiro atoms. The van der Waals surface area contributed by atoms with Crippen molar-refractivity contribution in [3.63, 3.8) is 0 Å². The molecule has 28 heavy (non-hydrogen) atoms. The largest absolute Gasteiger partial charge is 0.346 e. The van der Waals surface area contributed by atoms with Gasteiger partial charge in [-0.05, 0) is 36.2 Å². The van der Waals surface area contributed by atoms with E-state index < -0.39 is 47.5 Å². The molecule has 1 fully saturated rings. The van der Waals surface area contributed by atoms with Crippen LogP contribution in [0.2, 0.25) is 5.02 Å². The van der Waals surface area contributed by atoms with Gasteiger partial charge in [-0.1, -0.05) is 23.7 Å². The molecule has 4 N–H and O–H groups in total. The summed E-state index contributed by atoms with van der Waals surface area (Å²) in [4.78, 5) is 24.1. The van der Waals surface area contributed by atoms with E-state index in [0.29, 0.717) is 17.5 Å². The minimum absolute atomic E-state index is 0.139. The van der Waals surface area contributed by atoms with Crippen molar-refractivity contribution in [2.24, 2.45) is 0 Å². The maximum absolute atomic E-state index is 13.6. The molecule has 148 valence electrons. The fraction of sp³-hybridized carbons (Fsp3) is 0.222. The molecule has 0 aliphatic carbocycles. The first kappa shape index (κ1) is 20.1. The lowest BCUT2D eigenvalue weighted by molar-refractivity contribution is -0.125. The average molecular weight is 413 g/mol. The third kappa shape index (κ3) is 4.61. The van der Waals surface area contributed by atoms with Crippen molar-refractivity contribution in [2.75, 3.05) is 11.9 Å². The van der Waals surface area contributed by atoms with Crippen LogP contribution in [0.4, 0.5) is 18.9 Å². The van der Waals surface area contributed by atoms with Gasteiger partial charge < -0.3 is 10.6 Å². The zero-order chi connectivity index (χ0) is 20.3. The fourth-order valence-electron chi connectivity index (χ4n) is 2.78. The fourth-order valence-corrected chi connectivity index (χ4v) is 2.98. The summed E-state index contributed by atoms with van der Waals surface area (Å²) in [6, 6.07) is 8.04. The van der Waals surface area contributed by atoms with E-state index in [0.717, 1.165) is 11.6 Å². The van der Waals surface area contributed by atoms with E-state index in [2.05, 4.69) is 21.5 Å². The summed E-state index contributed by atoms with van der Waals surface area (Å²) in [6.45, 7) is -0.461. The molecule has 1 aliphatic heterocycles. The van der Waals surface area contributed by atoms with Crippen LogP contribution >= 0.6 is 11.6 Å². The lowest BCUT2D eigenvalue weighted by Gasteiger charge is -2.11. The number of amides is 2. The Bertz CT molecular complexity index is 912. The predicted octanol–water partition coefficient (Wildman–Crippen LogP) is 2.42. The summed E-state index contributed by atoms with van der Waals surface area (Å²) in [7, 11) is 0. The first-order valence-corrected chi connectivity index (χ1v) is 8.70. The monoisotopic (exact) mass is 412 g/mol. The highest BCUT2D eigenvalue weighted by atomic mass is 35.5. The SMILES string of the molecule is O=C(CNC(=O)C1CC(c2cccc(Cl)c2)NN1)Nc1ccc(F)c(F)c1F. The smallest absolute Gasteiger partial charge is 0.243 e. The molecule has 0 radical (unpaired) electrons. The molecule has 2 atom stereocenters. The lowest BCUT2D eigenvalue weighted by atomic mass is 10.0. The van der Waals surface area contributed by atoms with Gasteiger partial charge in [-0.15, -0.1) is 0 Å². The van der Waals surface area contributed by atoms with Crippen molar-refractivity contribution in [1.29, 1.82) is 0 Å². The van der Waals surface area contributed by atoms with Crippen LogP contribution in [-0.2, 0) is 9.59 Å². The van der Waals surface area contributed by atoms with Gasteiger partial charge >= 0.3 is 0 Å². The minimum Gasteiger partial charge on any atom is -0.346 e. The zero-order valence-corrected chi connectivity index (χ0v) is 15.1. The number of halogens is 4. The third-order valence-corrected chi connectivity index (χ3v) is 4.44. The number of nitrogens with one attached hydrogen (secondary N) is 4. The van der Waals surface area contributed by atoms with Gasteiger partial charge in [0.2, 0.25) is 11.8 Å². The Morgan fingerprint density at radius 1 is 1.11 bits per heavy atom. The van der Waals surface area contributed by atoms with Crippen LogP contribution in [0.3, 0.4) is 0 Å². The summed E-state index contributed by atoms with van der Waals surface area (Å²) < 4.78 is 39.6. The molecule has 2 aromatic carbocycles. The van der Waals surface area contributed by atoms with Crippen molar-refractivity contribution >= 4 is 29.1 Å². The summed E-state index contributed by atoms with van der Waals surface area (Å²) >= 11 is 5.96. The lowest BCUT2D eigenvalue weighted by Crippen LogP contribution is -2.45. The van der Waals surface area contributed by atoms with Crippen molar-refractivity contribution in [1.82, 2.24) is 16.2 Å². The Kier molecular flexibility index (Phi) is 6.18. The second-order valence-corrected chi connectivity index (χ2v) is 6.61. The van der Waals surface area contributed by atoms with E-state index in [4.69, 9.17) is 11.6 Å². The van der Waals surface area contributed by atoms with Crippen LogP contribution in [0.1, 0.15) is 18.0 Å². The molecular formula is C18H16ClF3N4O2. The number of hydrazine groups is 1. The highest BCUT2D eigenvalue weighted by molar-refractivity contribution is 6.30. The Labute approximate surface area is 163 Å². The molecule has 1 aliphatic rings. The molecule has 0 bridgehead atoms. The predicted molar refractivity (Wildman–Crippen MR) is 96.8 cm³/mol. The molecule has 1 heterocycles. The van der Waals surface area contributed by atoms with E-state index >= 15 is 0 Å². The molecule has 10 heteroatoms. The molecule has 2 aromatic rings. The summed E-state index contributed by atoms with van der Waals surface area (Å²) in [5.41, 5.74) is 6.20. The van der Waals surface area contributed by atoms with Crippen LogP contribution in [-0.4, -0.2) is 24.4 Å². The van der Waals surface area contributed by atoms with Crippen LogP contribution in [0.15, 0.2) is 36.4 Å². The van der Waals surface area contributed by atoms with Gasteiger partial charge in [0.15, 0.2) is 17.5 Å². The van der Waals surface area contributed by atoms with E-state index in [9.17, 15) is 22.8 Å². The molecule has 3 rings (SSSR count). The van der Waals surface area contributed by atoms with E-state index in [1.807, 2.05) is 6.07 Å². The minimum atomic E-state index is -1.69. The summed E-state index contributed by atoms with van der Waals surface area (Å²) in [5.74, 6) is -5.78. The quantitative estimate of drug-likeness (QED) is 0.568. The Morgan fingerprint density at radius 3 is 2.64 bits per heavy atom. The number of hydrogen-bond acceptors (Lipinski definition) is 4. The highest BCUT2D eigenvalue weighted by Crippen LogP contribution is 2.24. The molecule has 0 aromatic heterocycles. The molecule has 1 saturated heterocycles. The van der Waals surface area contributed by atoms with E-state index in [1.54, 1.807) is 18.2 Å². The molecule has 0 saturated carbocycles. The van der Waals surface area contributed by atoms with Crippen molar-refractivity contribution in [2.45, 2.75) is 18.5 Å².